The smallest absolute Gasteiger partial charge is 0.407 e. The first-order chi connectivity index (χ1) is 21.0. The fourth-order valence-electron chi connectivity index (χ4n) is 5.99. The highest BCUT2D eigenvalue weighted by atomic mass is 16.7. The molecule has 5 rings (SSSR count). The average Bonchev–Trinajstić information content (AvgIpc) is 3.51. The van der Waals surface area contributed by atoms with Crippen LogP contribution < -0.4 is 5.32 Å². The Morgan fingerprint density at radius 3 is 2.53 bits per heavy atom. The van der Waals surface area contributed by atoms with Gasteiger partial charge in [0.1, 0.15) is 6.61 Å². The standard InChI is InChI=1S/C35H42N2O6/c1-3-17-41-35(40)36-20-26-7-4-8-28(18-26)29-9-5-10-30(19-29)34-42-32(21-37-16-6-11-31(37)23-39)24(2)33(43-34)27-14-12-25(22-38)13-15-27/h3-5,7-10,12-15,18-19,24,31-34,38-39H,1,6,11,16-17,20-23H2,2H3,(H,36,40)/t24-,31+,32+,33+,34+/m1/s1. The first kappa shape index (κ1) is 30.9. The van der Waals surface area contributed by atoms with E-state index in [4.69, 9.17) is 14.2 Å². The van der Waals surface area contributed by atoms with Crippen molar-refractivity contribution in [1.82, 2.24) is 10.2 Å². The number of benzene rings is 3. The first-order valence-corrected chi connectivity index (χ1v) is 15.1. The van der Waals surface area contributed by atoms with Gasteiger partial charge in [-0.25, -0.2) is 4.79 Å². The molecular weight excluding hydrogens is 544 g/mol. The molecule has 0 saturated carbocycles. The van der Waals surface area contributed by atoms with E-state index in [-0.39, 0.29) is 44.0 Å². The fourth-order valence-corrected chi connectivity index (χ4v) is 5.99. The van der Waals surface area contributed by atoms with Crippen molar-refractivity contribution >= 4 is 6.09 Å². The van der Waals surface area contributed by atoms with E-state index in [1.54, 1.807) is 0 Å². The molecular formula is C35H42N2O6. The lowest BCUT2D eigenvalue weighted by atomic mass is 9.89. The Labute approximate surface area is 253 Å². The molecule has 3 aromatic carbocycles. The molecule has 5 atom stereocenters. The van der Waals surface area contributed by atoms with E-state index in [0.717, 1.165) is 59.3 Å². The van der Waals surface area contributed by atoms with Crippen LogP contribution in [0.2, 0.25) is 0 Å². The Morgan fingerprint density at radius 2 is 1.79 bits per heavy atom. The van der Waals surface area contributed by atoms with Crippen LogP contribution in [0.15, 0.2) is 85.5 Å². The third kappa shape index (κ3) is 7.71. The van der Waals surface area contributed by atoms with Gasteiger partial charge in [0.15, 0.2) is 6.29 Å². The molecule has 0 spiro atoms. The van der Waals surface area contributed by atoms with Crippen LogP contribution in [0, 0.1) is 5.92 Å². The number of amides is 1. The number of carbonyl (C=O) groups is 1. The second kappa shape index (κ2) is 14.8. The average molecular weight is 587 g/mol. The van der Waals surface area contributed by atoms with Gasteiger partial charge in [-0.3, -0.25) is 4.90 Å². The lowest BCUT2D eigenvalue weighted by molar-refractivity contribution is -0.276. The molecule has 1 amide bonds. The maximum atomic E-state index is 11.9. The molecule has 2 heterocycles. The van der Waals surface area contributed by atoms with E-state index in [0.29, 0.717) is 6.54 Å². The lowest BCUT2D eigenvalue weighted by Crippen LogP contribution is -2.46. The van der Waals surface area contributed by atoms with Gasteiger partial charge in [0.25, 0.3) is 0 Å². The van der Waals surface area contributed by atoms with Crippen molar-refractivity contribution < 1.29 is 29.2 Å². The van der Waals surface area contributed by atoms with Crippen molar-refractivity contribution in [1.29, 1.82) is 0 Å². The van der Waals surface area contributed by atoms with Gasteiger partial charge in [-0.1, -0.05) is 80.2 Å². The highest BCUT2D eigenvalue weighted by Gasteiger charge is 2.40. The minimum absolute atomic E-state index is 0.00330. The number of aliphatic hydroxyl groups excluding tert-OH is 2. The Balaban J connectivity index is 1.38. The minimum atomic E-state index is -0.580. The summed E-state index contributed by atoms with van der Waals surface area (Å²) in [6.07, 6.45) is 2.23. The topological polar surface area (TPSA) is 100 Å². The van der Waals surface area contributed by atoms with Gasteiger partial charge < -0.3 is 29.7 Å². The number of alkyl carbamates (subject to hydrolysis) is 1. The van der Waals surface area contributed by atoms with Crippen LogP contribution in [0.3, 0.4) is 0 Å². The molecule has 2 saturated heterocycles. The van der Waals surface area contributed by atoms with E-state index in [9.17, 15) is 15.0 Å². The quantitative estimate of drug-likeness (QED) is 0.255. The molecule has 0 radical (unpaired) electrons. The molecule has 0 aliphatic carbocycles. The Morgan fingerprint density at radius 1 is 1.02 bits per heavy atom. The van der Waals surface area contributed by atoms with Gasteiger partial charge in [-0.15, -0.1) is 0 Å². The SMILES string of the molecule is C=CCOC(=O)NCc1cccc(-c2cccc([C@H]3O[C@@H](CN4CCC[C@H]4CO)[C@@H](C)[C@@H](c4ccc(CO)cc4)O3)c2)c1. The van der Waals surface area contributed by atoms with Gasteiger partial charge in [0.05, 0.1) is 25.4 Å². The maximum absolute atomic E-state index is 11.9. The second-order valence-electron chi connectivity index (χ2n) is 11.4. The van der Waals surface area contributed by atoms with Crippen LogP contribution in [0.25, 0.3) is 11.1 Å². The zero-order chi connectivity index (χ0) is 30.2. The molecule has 8 heteroatoms. The molecule has 8 nitrogen and oxygen atoms in total. The normalized spacial score (nSPS) is 24.0. The Bertz CT molecular complexity index is 1360. The number of carbonyl (C=O) groups excluding carboxylic acids is 1. The summed E-state index contributed by atoms with van der Waals surface area (Å²) >= 11 is 0. The summed E-state index contributed by atoms with van der Waals surface area (Å²) in [5, 5.41) is 22.3. The van der Waals surface area contributed by atoms with Crippen LogP contribution in [0.5, 0.6) is 0 Å². The third-order valence-corrected chi connectivity index (χ3v) is 8.44. The van der Waals surface area contributed by atoms with Crippen molar-refractivity contribution in [2.75, 3.05) is 26.3 Å². The second-order valence-corrected chi connectivity index (χ2v) is 11.4. The summed E-state index contributed by atoms with van der Waals surface area (Å²) in [5.74, 6) is 0.0710. The molecule has 3 aromatic rings. The van der Waals surface area contributed by atoms with E-state index in [1.165, 1.54) is 6.08 Å². The highest BCUT2D eigenvalue weighted by Crippen LogP contribution is 2.43. The third-order valence-electron chi connectivity index (χ3n) is 8.44. The van der Waals surface area contributed by atoms with Crippen LogP contribution in [-0.2, 0) is 27.4 Å². The van der Waals surface area contributed by atoms with Crippen LogP contribution in [-0.4, -0.2) is 59.7 Å². The first-order valence-electron chi connectivity index (χ1n) is 15.1. The minimum Gasteiger partial charge on any atom is -0.445 e. The van der Waals surface area contributed by atoms with E-state index >= 15 is 0 Å². The van der Waals surface area contributed by atoms with E-state index in [2.05, 4.69) is 35.9 Å². The zero-order valence-corrected chi connectivity index (χ0v) is 24.7. The molecule has 228 valence electrons. The predicted molar refractivity (Wildman–Crippen MR) is 165 cm³/mol. The van der Waals surface area contributed by atoms with Crippen molar-refractivity contribution in [3.05, 3.63) is 108 Å². The van der Waals surface area contributed by atoms with Gasteiger partial charge >= 0.3 is 6.09 Å². The number of ether oxygens (including phenoxy) is 3. The number of rotatable bonds is 11. The molecule has 0 unspecified atom stereocenters. The number of nitrogens with zero attached hydrogens (tertiary/aromatic N) is 1. The molecule has 2 aliphatic heterocycles. The molecule has 43 heavy (non-hydrogen) atoms. The predicted octanol–water partition coefficient (Wildman–Crippen LogP) is 5.51. The summed E-state index contributed by atoms with van der Waals surface area (Å²) in [6.45, 7) is 8.06. The van der Waals surface area contributed by atoms with Crippen molar-refractivity contribution in [2.24, 2.45) is 5.92 Å². The van der Waals surface area contributed by atoms with Crippen LogP contribution in [0.4, 0.5) is 4.79 Å². The van der Waals surface area contributed by atoms with Crippen LogP contribution in [0.1, 0.15) is 54.4 Å². The summed E-state index contributed by atoms with van der Waals surface area (Å²) in [5.41, 5.74) is 5.81. The van der Waals surface area contributed by atoms with Crippen molar-refractivity contribution in [2.45, 2.75) is 57.5 Å². The van der Waals surface area contributed by atoms with Gasteiger partial charge in [0, 0.05) is 30.6 Å². The Kier molecular flexibility index (Phi) is 10.6. The largest absolute Gasteiger partial charge is 0.445 e. The summed E-state index contributed by atoms with van der Waals surface area (Å²) in [7, 11) is 0. The van der Waals surface area contributed by atoms with Crippen molar-refractivity contribution in [3.8, 4) is 11.1 Å². The van der Waals surface area contributed by atoms with Crippen molar-refractivity contribution in [3.63, 3.8) is 0 Å². The maximum Gasteiger partial charge on any atom is 0.407 e. The highest BCUT2D eigenvalue weighted by molar-refractivity contribution is 5.68. The van der Waals surface area contributed by atoms with Gasteiger partial charge in [-0.05, 0) is 59.3 Å². The lowest BCUT2D eigenvalue weighted by Gasteiger charge is -2.43. The number of likely N-dealkylation sites (tertiary alicyclic amines) is 1. The zero-order valence-electron chi connectivity index (χ0n) is 24.7. The summed E-state index contributed by atoms with van der Waals surface area (Å²) in [6, 6.07) is 24.3. The number of aliphatic hydroxyl groups is 2. The summed E-state index contributed by atoms with van der Waals surface area (Å²) < 4.78 is 18.4. The number of nitrogens with one attached hydrogen (secondary N) is 1. The van der Waals surface area contributed by atoms with Crippen LogP contribution >= 0.6 is 0 Å². The molecule has 0 bridgehead atoms. The molecule has 2 fully saturated rings. The van der Waals surface area contributed by atoms with E-state index in [1.807, 2.05) is 60.7 Å². The number of hydrogen-bond acceptors (Lipinski definition) is 7. The fraction of sp³-hybridized carbons (Fsp3) is 0.400. The monoisotopic (exact) mass is 586 g/mol. The van der Waals surface area contributed by atoms with E-state index < -0.39 is 12.4 Å². The van der Waals surface area contributed by atoms with Gasteiger partial charge in [0.2, 0.25) is 0 Å². The summed E-state index contributed by atoms with van der Waals surface area (Å²) in [4.78, 5) is 14.2. The van der Waals surface area contributed by atoms with Gasteiger partial charge in [-0.2, -0.15) is 0 Å². The molecule has 3 N–H and O–H groups in total. The number of hydrogen-bond donors (Lipinski definition) is 3. The Hall–Kier alpha value is -3.53. The molecule has 0 aromatic heterocycles. The molecule has 2 aliphatic rings.